The lowest BCUT2D eigenvalue weighted by molar-refractivity contribution is 0.714. The van der Waals surface area contributed by atoms with Crippen molar-refractivity contribution < 1.29 is 0 Å². The number of hydrogen-bond donors (Lipinski definition) is 0. The molecule has 0 saturated heterocycles. The first-order chi connectivity index (χ1) is 29.1. The molecule has 0 spiro atoms. The summed E-state index contributed by atoms with van der Waals surface area (Å²) in [4.78, 5) is 10.7. The van der Waals surface area contributed by atoms with E-state index in [2.05, 4.69) is 201 Å². The van der Waals surface area contributed by atoms with Gasteiger partial charge in [-0.2, -0.15) is 0 Å². The highest BCUT2D eigenvalue weighted by Gasteiger charge is 2.41. The Hall–Kier alpha value is -7.20. The molecule has 2 aromatic heterocycles. The van der Waals surface area contributed by atoms with Crippen molar-refractivity contribution in [2.45, 2.75) is 12.3 Å². The van der Waals surface area contributed by atoms with Crippen LogP contribution in [0.25, 0.3) is 97.9 Å². The average molecular weight is 769 g/mol. The van der Waals surface area contributed by atoms with Crippen molar-refractivity contribution in [3.63, 3.8) is 0 Å². The maximum atomic E-state index is 5.37. The van der Waals surface area contributed by atoms with Gasteiger partial charge in [0, 0.05) is 42.3 Å². The van der Waals surface area contributed by atoms with Gasteiger partial charge in [-0.3, -0.25) is 0 Å². The molecule has 2 heterocycles. The van der Waals surface area contributed by atoms with Crippen LogP contribution in [0.2, 0.25) is 0 Å². The van der Waals surface area contributed by atoms with E-state index in [9.17, 15) is 0 Å². The van der Waals surface area contributed by atoms with Crippen LogP contribution in [0.15, 0.2) is 200 Å². The Morgan fingerprint density at radius 1 is 0.407 bits per heavy atom. The Morgan fingerprint density at radius 2 is 1.07 bits per heavy atom. The van der Waals surface area contributed by atoms with Crippen LogP contribution >= 0.6 is 11.3 Å². The molecule has 59 heavy (non-hydrogen) atoms. The van der Waals surface area contributed by atoms with Crippen LogP contribution in [0, 0.1) is 0 Å². The van der Waals surface area contributed by atoms with Crippen molar-refractivity contribution in [2.24, 2.45) is 0 Å². The van der Waals surface area contributed by atoms with E-state index in [-0.39, 0.29) is 5.41 Å². The lowest BCUT2D eigenvalue weighted by Crippen LogP contribution is -2.22. The van der Waals surface area contributed by atoms with E-state index in [1.165, 1.54) is 75.1 Å². The summed E-state index contributed by atoms with van der Waals surface area (Å²) in [7, 11) is 0. The first-order valence-corrected chi connectivity index (χ1v) is 21.1. The highest BCUT2D eigenvalue weighted by atomic mass is 32.1. The van der Waals surface area contributed by atoms with E-state index in [4.69, 9.17) is 9.97 Å². The van der Waals surface area contributed by atoms with E-state index >= 15 is 0 Å². The summed E-state index contributed by atoms with van der Waals surface area (Å²) in [6, 6.07) is 72.7. The lowest BCUT2D eigenvalue weighted by atomic mass is 9.74. The number of rotatable bonds is 5. The molecule has 1 unspecified atom stereocenters. The largest absolute Gasteiger partial charge is 0.228 e. The molecule has 3 heteroatoms. The van der Waals surface area contributed by atoms with Crippen LogP contribution in [0.5, 0.6) is 0 Å². The first kappa shape index (κ1) is 33.9. The van der Waals surface area contributed by atoms with Gasteiger partial charge < -0.3 is 0 Å². The molecule has 0 amide bonds. The zero-order chi connectivity index (χ0) is 39.1. The van der Waals surface area contributed by atoms with Crippen LogP contribution in [0.1, 0.15) is 23.6 Å². The molecule has 0 saturated carbocycles. The second kappa shape index (κ2) is 13.2. The Bertz CT molecular complexity index is 3460. The summed E-state index contributed by atoms with van der Waals surface area (Å²) in [5.74, 6) is 0.710. The maximum Gasteiger partial charge on any atom is 0.160 e. The van der Waals surface area contributed by atoms with Crippen LogP contribution in [-0.4, -0.2) is 9.97 Å². The SMILES string of the molecule is CC1(c2ccccc2)c2ccccc2-c2c(-c3cc(-c4cccc(-c5cc6sc7ccccc7c6c6ccc7ccccc7c56)c4)nc(-c4ccccc4)n3)cccc21. The van der Waals surface area contributed by atoms with E-state index in [1.54, 1.807) is 0 Å². The van der Waals surface area contributed by atoms with Gasteiger partial charge in [0.15, 0.2) is 5.82 Å². The number of benzene rings is 9. The molecular weight excluding hydrogens is 733 g/mol. The van der Waals surface area contributed by atoms with Gasteiger partial charge in [-0.15, -0.1) is 11.3 Å². The standard InChI is InChI=1S/C56H36N2S/c1-56(39-21-6-3-7-22-39)46-27-12-10-24-41(46)53-42(26-15-28-47(53)56)49-34-48(57-55(58-49)36-17-4-2-5-18-36)38-20-14-19-37(32-38)45-33-51-54(43-25-11-13-29-50(43)59-51)44-31-30-35-16-8-9-23-40(35)52(44)45/h2-34H,1H3. The highest BCUT2D eigenvalue weighted by molar-refractivity contribution is 7.26. The molecular formula is C56H36N2S. The third kappa shape index (κ3) is 5.18. The fourth-order valence-electron chi connectivity index (χ4n) is 9.78. The predicted octanol–water partition coefficient (Wildman–Crippen LogP) is 15.2. The van der Waals surface area contributed by atoms with Crippen molar-refractivity contribution in [3.8, 4) is 56.2 Å². The molecule has 0 fully saturated rings. The fourth-order valence-corrected chi connectivity index (χ4v) is 10.9. The van der Waals surface area contributed by atoms with Gasteiger partial charge in [-0.1, -0.05) is 176 Å². The summed E-state index contributed by atoms with van der Waals surface area (Å²) >= 11 is 1.87. The monoisotopic (exact) mass is 768 g/mol. The van der Waals surface area contributed by atoms with E-state index in [0.29, 0.717) is 5.82 Å². The predicted molar refractivity (Wildman–Crippen MR) is 249 cm³/mol. The zero-order valence-corrected chi connectivity index (χ0v) is 33.2. The number of aromatic nitrogens is 2. The molecule has 0 radical (unpaired) electrons. The highest BCUT2D eigenvalue weighted by Crippen LogP contribution is 2.55. The Morgan fingerprint density at radius 3 is 1.95 bits per heavy atom. The van der Waals surface area contributed by atoms with E-state index < -0.39 is 0 Å². The normalized spacial score (nSPS) is 14.6. The van der Waals surface area contributed by atoms with Gasteiger partial charge in [-0.25, -0.2) is 9.97 Å². The average Bonchev–Trinajstić information content (AvgIpc) is 3.82. The van der Waals surface area contributed by atoms with Crippen LogP contribution < -0.4 is 0 Å². The van der Waals surface area contributed by atoms with Gasteiger partial charge in [-0.05, 0) is 91.7 Å². The van der Waals surface area contributed by atoms with Crippen molar-refractivity contribution in [1.29, 1.82) is 0 Å². The van der Waals surface area contributed by atoms with Gasteiger partial charge in [0.2, 0.25) is 0 Å². The van der Waals surface area contributed by atoms with Crippen LogP contribution in [0.3, 0.4) is 0 Å². The minimum Gasteiger partial charge on any atom is -0.228 e. The summed E-state index contributed by atoms with van der Waals surface area (Å²) in [6.45, 7) is 2.37. The molecule has 2 nitrogen and oxygen atoms in total. The third-order valence-electron chi connectivity index (χ3n) is 12.6. The molecule has 1 aliphatic carbocycles. The number of nitrogens with zero attached hydrogens (tertiary/aromatic N) is 2. The zero-order valence-electron chi connectivity index (χ0n) is 32.4. The molecule has 0 N–H and O–H groups in total. The topological polar surface area (TPSA) is 25.8 Å². The van der Waals surface area contributed by atoms with Crippen molar-refractivity contribution >= 4 is 53.1 Å². The molecule has 276 valence electrons. The minimum absolute atomic E-state index is 0.307. The number of thiophene rings is 1. The van der Waals surface area contributed by atoms with Gasteiger partial charge in [0.05, 0.1) is 11.4 Å². The number of fused-ring (bicyclic) bond motifs is 10. The molecule has 9 aromatic carbocycles. The van der Waals surface area contributed by atoms with Gasteiger partial charge >= 0.3 is 0 Å². The molecule has 1 atom stereocenters. The molecule has 1 aliphatic rings. The molecule has 0 bridgehead atoms. The quantitative estimate of drug-likeness (QED) is 0.163. The van der Waals surface area contributed by atoms with E-state index in [0.717, 1.165) is 33.6 Å². The Labute approximate surface area is 346 Å². The third-order valence-corrected chi connectivity index (χ3v) is 13.7. The van der Waals surface area contributed by atoms with Crippen molar-refractivity contribution in [1.82, 2.24) is 9.97 Å². The molecule has 11 aromatic rings. The molecule has 12 rings (SSSR count). The summed E-state index contributed by atoms with van der Waals surface area (Å²) in [5.41, 5.74) is 13.4. The smallest absolute Gasteiger partial charge is 0.160 e. The van der Waals surface area contributed by atoms with Crippen LogP contribution in [0.4, 0.5) is 0 Å². The maximum absolute atomic E-state index is 5.37. The Kier molecular flexibility index (Phi) is 7.57. The fraction of sp³-hybridized carbons (Fsp3) is 0.0357. The second-order valence-corrected chi connectivity index (χ2v) is 16.9. The van der Waals surface area contributed by atoms with Crippen molar-refractivity contribution in [3.05, 3.63) is 217 Å². The second-order valence-electron chi connectivity index (χ2n) is 15.8. The summed E-state index contributed by atoms with van der Waals surface area (Å²) < 4.78 is 2.61. The molecule has 0 aliphatic heterocycles. The summed E-state index contributed by atoms with van der Waals surface area (Å²) in [6.07, 6.45) is 0. The van der Waals surface area contributed by atoms with Crippen molar-refractivity contribution in [2.75, 3.05) is 0 Å². The first-order valence-electron chi connectivity index (χ1n) is 20.2. The van der Waals surface area contributed by atoms with Gasteiger partial charge in [0.25, 0.3) is 0 Å². The summed E-state index contributed by atoms with van der Waals surface area (Å²) in [5, 5.41) is 7.72. The van der Waals surface area contributed by atoms with E-state index in [1.807, 2.05) is 17.4 Å². The number of hydrogen-bond acceptors (Lipinski definition) is 3. The Balaban J connectivity index is 1.09. The van der Waals surface area contributed by atoms with Crippen LogP contribution in [-0.2, 0) is 5.41 Å². The minimum atomic E-state index is -0.307. The lowest BCUT2D eigenvalue weighted by Gasteiger charge is -2.28. The van der Waals surface area contributed by atoms with Gasteiger partial charge in [0.1, 0.15) is 0 Å².